The van der Waals surface area contributed by atoms with Gasteiger partial charge in [0.05, 0.1) is 19.4 Å². The Bertz CT molecular complexity index is 170. The van der Waals surface area contributed by atoms with Gasteiger partial charge in [-0.3, -0.25) is 4.57 Å². The summed E-state index contributed by atoms with van der Waals surface area (Å²) in [4.78, 5) is 0. The van der Waals surface area contributed by atoms with Crippen LogP contribution < -0.4 is 0 Å². The summed E-state index contributed by atoms with van der Waals surface area (Å²) in [6.45, 7) is 2.55. The van der Waals surface area contributed by atoms with E-state index in [9.17, 15) is 4.57 Å². The molecule has 1 saturated heterocycles. The lowest BCUT2D eigenvalue weighted by Crippen LogP contribution is -2.07. The third-order valence-electron chi connectivity index (χ3n) is 1.57. The van der Waals surface area contributed by atoms with E-state index in [0.29, 0.717) is 19.4 Å². The number of aliphatic hydroxyl groups excluding tert-OH is 1. The average Bonchev–Trinajstić information content (AvgIpc) is 2.33. The highest BCUT2D eigenvalue weighted by molar-refractivity contribution is 7.54. The number of aliphatic hydroxyl groups is 1. The van der Waals surface area contributed by atoms with Gasteiger partial charge in [-0.05, 0) is 6.92 Å². The monoisotopic (exact) mass is 180 g/mol. The Morgan fingerprint density at radius 1 is 1.82 bits per heavy atom. The molecule has 4 nitrogen and oxygen atoms in total. The van der Waals surface area contributed by atoms with Gasteiger partial charge in [0.1, 0.15) is 0 Å². The first-order chi connectivity index (χ1) is 5.20. The van der Waals surface area contributed by atoms with Crippen LogP contribution in [-0.2, 0) is 13.6 Å². The van der Waals surface area contributed by atoms with Crippen LogP contribution in [0, 0.1) is 5.92 Å². The first-order valence-electron chi connectivity index (χ1n) is 3.69. The standard InChI is InChI=1S/C6H13O4P/c1-2-9-11(8)5-6(3-7)4-10-11/h6-7H,2-5H2,1H3/t6?,11-/m1/s1. The summed E-state index contributed by atoms with van der Waals surface area (Å²) >= 11 is 0. The van der Waals surface area contributed by atoms with Crippen molar-refractivity contribution in [3.05, 3.63) is 0 Å². The predicted octanol–water partition coefficient (Wildman–Crippen LogP) is 0.855. The first-order valence-corrected chi connectivity index (χ1v) is 5.42. The molecule has 0 spiro atoms. The molecule has 1 N–H and O–H groups in total. The number of hydrogen-bond acceptors (Lipinski definition) is 4. The molecule has 1 rings (SSSR count). The molecule has 0 radical (unpaired) electrons. The summed E-state index contributed by atoms with van der Waals surface area (Å²) in [6.07, 6.45) is 0.358. The van der Waals surface area contributed by atoms with E-state index >= 15 is 0 Å². The van der Waals surface area contributed by atoms with Crippen molar-refractivity contribution in [1.29, 1.82) is 0 Å². The zero-order chi connectivity index (χ0) is 8.32. The summed E-state index contributed by atoms with van der Waals surface area (Å²) < 4.78 is 21.3. The van der Waals surface area contributed by atoms with E-state index in [2.05, 4.69) is 0 Å². The third-order valence-corrected chi connectivity index (χ3v) is 3.73. The van der Waals surface area contributed by atoms with E-state index < -0.39 is 7.60 Å². The maximum atomic E-state index is 11.4. The molecule has 0 amide bonds. The Hall–Kier alpha value is 0.110. The summed E-state index contributed by atoms with van der Waals surface area (Å²) in [5, 5.41) is 8.71. The van der Waals surface area contributed by atoms with Crippen LogP contribution in [0.2, 0.25) is 0 Å². The number of rotatable bonds is 3. The topological polar surface area (TPSA) is 55.8 Å². The van der Waals surface area contributed by atoms with Crippen molar-refractivity contribution >= 4 is 7.60 Å². The van der Waals surface area contributed by atoms with Crippen LogP contribution >= 0.6 is 7.60 Å². The zero-order valence-corrected chi connectivity index (χ0v) is 7.42. The lowest BCUT2D eigenvalue weighted by Gasteiger charge is -2.08. The number of hydrogen-bond donors (Lipinski definition) is 1. The molecule has 11 heavy (non-hydrogen) atoms. The van der Waals surface area contributed by atoms with E-state index in [1.807, 2.05) is 0 Å². The summed E-state index contributed by atoms with van der Waals surface area (Å²) in [7, 11) is -2.80. The molecule has 1 heterocycles. The van der Waals surface area contributed by atoms with Crippen molar-refractivity contribution in [2.75, 3.05) is 26.0 Å². The van der Waals surface area contributed by atoms with Gasteiger partial charge >= 0.3 is 7.60 Å². The maximum Gasteiger partial charge on any atom is 0.331 e. The molecule has 1 aliphatic rings. The Morgan fingerprint density at radius 3 is 3.00 bits per heavy atom. The molecule has 1 fully saturated rings. The van der Waals surface area contributed by atoms with E-state index in [4.69, 9.17) is 14.2 Å². The summed E-state index contributed by atoms with van der Waals surface area (Å²) in [5.74, 6) is -0.00705. The van der Waals surface area contributed by atoms with E-state index in [0.717, 1.165) is 0 Å². The predicted molar refractivity (Wildman–Crippen MR) is 40.6 cm³/mol. The average molecular weight is 180 g/mol. The highest BCUT2D eigenvalue weighted by Crippen LogP contribution is 2.54. The van der Waals surface area contributed by atoms with Crippen molar-refractivity contribution in [3.8, 4) is 0 Å². The van der Waals surface area contributed by atoms with Gasteiger partial charge in [-0.15, -0.1) is 0 Å². The molecule has 0 aromatic carbocycles. The van der Waals surface area contributed by atoms with Gasteiger partial charge in [0.25, 0.3) is 0 Å². The molecule has 2 atom stereocenters. The highest BCUT2D eigenvalue weighted by atomic mass is 31.2. The Kier molecular flexibility index (Phi) is 3.07. The van der Waals surface area contributed by atoms with E-state index in [-0.39, 0.29) is 12.5 Å². The van der Waals surface area contributed by atoms with Gasteiger partial charge in [0, 0.05) is 12.5 Å². The molecular weight excluding hydrogens is 167 g/mol. The van der Waals surface area contributed by atoms with Gasteiger partial charge in [0.15, 0.2) is 0 Å². The second-order valence-corrected chi connectivity index (χ2v) is 4.66. The lowest BCUT2D eigenvalue weighted by atomic mass is 10.2. The Morgan fingerprint density at radius 2 is 2.55 bits per heavy atom. The smallest absolute Gasteiger partial charge is 0.331 e. The van der Waals surface area contributed by atoms with Crippen molar-refractivity contribution in [1.82, 2.24) is 0 Å². The zero-order valence-electron chi connectivity index (χ0n) is 6.52. The molecule has 1 unspecified atom stereocenters. The molecule has 66 valence electrons. The van der Waals surface area contributed by atoms with E-state index in [1.165, 1.54) is 0 Å². The fourth-order valence-corrected chi connectivity index (χ4v) is 3.01. The maximum absolute atomic E-state index is 11.4. The third kappa shape index (κ3) is 2.27. The van der Waals surface area contributed by atoms with Crippen molar-refractivity contribution < 1.29 is 18.7 Å². The first kappa shape index (κ1) is 9.20. The van der Waals surface area contributed by atoms with Crippen molar-refractivity contribution in [2.24, 2.45) is 5.92 Å². The SMILES string of the molecule is CCO[P@]1(=O)CC(CO)CO1. The van der Waals surface area contributed by atoms with Gasteiger partial charge in [0.2, 0.25) is 0 Å². The molecule has 0 aromatic heterocycles. The van der Waals surface area contributed by atoms with E-state index in [1.54, 1.807) is 6.92 Å². The molecule has 0 saturated carbocycles. The second kappa shape index (κ2) is 3.68. The Balaban J connectivity index is 2.44. The molecule has 0 bridgehead atoms. The quantitative estimate of drug-likeness (QED) is 0.654. The van der Waals surface area contributed by atoms with Crippen LogP contribution in [-0.4, -0.2) is 31.1 Å². The van der Waals surface area contributed by atoms with Crippen LogP contribution in [0.5, 0.6) is 0 Å². The molecule has 0 aromatic rings. The van der Waals surface area contributed by atoms with Gasteiger partial charge < -0.3 is 14.2 Å². The minimum Gasteiger partial charge on any atom is -0.396 e. The summed E-state index contributed by atoms with van der Waals surface area (Å²) in [5.41, 5.74) is 0. The van der Waals surface area contributed by atoms with Gasteiger partial charge in [-0.25, -0.2) is 0 Å². The lowest BCUT2D eigenvalue weighted by molar-refractivity contribution is 0.191. The molecular formula is C6H13O4P. The van der Waals surface area contributed by atoms with Crippen LogP contribution in [0.25, 0.3) is 0 Å². The van der Waals surface area contributed by atoms with Gasteiger partial charge in [-0.2, -0.15) is 0 Å². The van der Waals surface area contributed by atoms with Crippen molar-refractivity contribution in [2.45, 2.75) is 6.92 Å². The van der Waals surface area contributed by atoms with Crippen LogP contribution in [0.3, 0.4) is 0 Å². The molecule has 5 heteroatoms. The van der Waals surface area contributed by atoms with Crippen LogP contribution in [0.4, 0.5) is 0 Å². The van der Waals surface area contributed by atoms with Crippen LogP contribution in [0.15, 0.2) is 0 Å². The highest BCUT2D eigenvalue weighted by Gasteiger charge is 2.35. The minimum atomic E-state index is -2.80. The second-order valence-electron chi connectivity index (χ2n) is 2.56. The normalized spacial score (nSPS) is 37.8. The fraction of sp³-hybridized carbons (Fsp3) is 1.00. The molecule has 0 aliphatic carbocycles. The largest absolute Gasteiger partial charge is 0.396 e. The Labute approximate surface area is 66.0 Å². The van der Waals surface area contributed by atoms with Gasteiger partial charge in [-0.1, -0.05) is 0 Å². The van der Waals surface area contributed by atoms with Crippen molar-refractivity contribution in [3.63, 3.8) is 0 Å². The fourth-order valence-electron chi connectivity index (χ4n) is 1.04. The summed E-state index contributed by atoms with van der Waals surface area (Å²) in [6, 6.07) is 0. The minimum absolute atomic E-state index is 0.00705. The molecule has 1 aliphatic heterocycles. The van der Waals surface area contributed by atoms with Crippen LogP contribution in [0.1, 0.15) is 6.92 Å².